The van der Waals surface area contributed by atoms with Crippen LogP contribution in [0.3, 0.4) is 0 Å². The molecule has 1 fully saturated rings. The van der Waals surface area contributed by atoms with Crippen molar-refractivity contribution < 1.29 is 9.59 Å². The second-order valence-corrected chi connectivity index (χ2v) is 6.53. The Morgan fingerprint density at radius 3 is 2.55 bits per heavy atom. The van der Waals surface area contributed by atoms with E-state index in [1.54, 1.807) is 24.3 Å². The minimum Gasteiger partial charge on any atom is -0.273 e. The zero-order valence-corrected chi connectivity index (χ0v) is 13.9. The van der Waals surface area contributed by atoms with Gasteiger partial charge in [0, 0.05) is 11.4 Å². The zero-order valence-electron chi connectivity index (χ0n) is 10.8. The summed E-state index contributed by atoms with van der Waals surface area (Å²) < 4.78 is 3.79. The highest BCUT2D eigenvalue weighted by Crippen LogP contribution is 2.32. The SMILES string of the molecule is O=C1CC(c2ccc(Cl)cc2)NN1C(=O)c1snc(Cl)c1Cl. The Kier molecular flexibility index (Phi) is 4.38. The first-order valence-electron chi connectivity index (χ1n) is 6.17. The van der Waals surface area contributed by atoms with Gasteiger partial charge < -0.3 is 0 Å². The highest BCUT2D eigenvalue weighted by Gasteiger charge is 2.36. The van der Waals surface area contributed by atoms with Gasteiger partial charge >= 0.3 is 0 Å². The Labute approximate surface area is 144 Å². The number of carbonyl (C=O) groups is 2. The van der Waals surface area contributed by atoms with Crippen molar-refractivity contribution in [2.45, 2.75) is 12.5 Å². The monoisotopic (exact) mass is 375 g/mol. The number of imide groups is 1. The molecule has 3 rings (SSSR count). The van der Waals surface area contributed by atoms with E-state index in [1.165, 1.54) is 0 Å². The summed E-state index contributed by atoms with van der Waals surface area (Å²) in [5.74, 6) is -0.901. The largest absolute Gasteiger partial charge is 0.288 e. The van der Waals surface area contributed by atoms with E-state index in [2.05, 4.69) is 9.80 Å². The quantitative estimate of drug-likeness (QED) is 0.811. The highest BCUT2D eigenvalue weighted by molar-refractivity contribution is 7.09. The fraction of sp³-hybridized carbons (Fsp3) is 0.154. The first-order chi connectivity index (χ1) is 10.5. The molecule has 0 bridgehead atoms. The van der Waals surface area contributed by atoms with Crippen LogP contribution in [0.4, 0.5) is 0 Å². The van der Waals surface area contributed by atoms with Crippen LogP contribution in [-0.4, -0.2) is 21.2 Å². The molecule has 1 N–H and O–H groups in total. The summed E-state index contributed by atoms with van der Waals surface area (Å²) in [6, 6.07) is 6.77. The number of hydrazine groups is 1. The molecule has 1 aromatic heterocycles. The van der Waals surface area contributed by atoms with Crippen molar-refractivity contribution in [1.82, 2.24) is 14.8 Å². The number of nitrogens with zero attached hydrogens (tertiary/aromatic N) is 2. The summed E-state index contributed by atoms with van der Waals surface area (Å²) in [4.78, 5) is 24.6. The van der Waals surface area contributed by atoms with E-state index in [1.807, 2.05) is 0 Å². The van der Waals surface area contributed by atoms with Gasteiger partial charge in [0.05, 0.1) is 6.04 Å². The molecule has 5 nitrogen and oxygen atoms in total. The molecule has 0 spiro atoms. The van der Waals surface area contributed by atoms with Gasteiger partial charge in [-0.15, -0.1) is 0 Å². The van der Waals surface area contributed by atoms with Crippen molar-refractivity contribution in [1.29, 1.82) is 0 Å². The standard InChI is InChI=1S/C13H8Cl3N3O2S/c14-7-3-1-6(2-4-7)8-5-9(20)19(17-8)13(21)11-10(15)12(16)18-22-11/h1-4,8,17H,5H2. The molecule has 1 aliphatic heterocycles. The van der Waals surface area contributed by atoms with Crippen molar-refractivity contribution in [3.05, 3.63) is 49.9 Å². The van der Waals surface area contributed by atoms with Gasteiger partial charge in [-0.05, 0) is 29.2 Å². The summed E-state index contributed by atoms with van der Waals surface area (Å²) in [5, 5.41) is 1.67. The average molecular weight is 377 g/mol. The van der Waals surface area contributed by atoms with E-state index >= 15 is 0 Å². The third-order valence-electron chi connectivity index (χ3n) is 3.18. The van der Waals surface area contributed by atoms with E-state index in [-0.39, 0.29) is 33.4 Å². The fourth-order valence-electron chi connectivity index (χ4n) is 2.09. The molecule has 1 aliphatic rings. The van der Waals surface area contributed by atoms with Crippen LogP contribution in [0.15, 0.2) is 24.3 Å². The summed E-state index contributed by atoms with van der Waals surface area (Å²) in [6.45, 7) is 0. The van der Waals surface area contributed by atoms with Crippen LogP contribution in [-0.2, 0) is 4.79 Å². The predicted molar refractivity (Wildman–Crippen MR) is 85.3 cm³/mol. The number of hydrogen-bond acceptors (Lipinski definition) is 5. The minimum absolute atomic E-state index is 0.0518. The molecule has 0 radical (unpaired) electrons. The lowest BCUT2D eigenvalue weighted by Crippen LogP contribution is -2.40. The third kappa shape index (κ3) is 2.85. The molecule has 9 heteroatoms. The number of hydrogen-bond donors (Lipinski definition) is 1. The number of aromatic nitrogens is 1. The maximum Gasteiger partial charge on any atom is 0.288 e. The molecule has 0 saturated carbocycles. The Morgan fingerprint density at radius 2 is 1.95 bits per heavy atom. The lowest BCUT2D eigenvalue weighted by Gasteiger charge is -2.15. The van der Waals surface area contributed by atoms with Crippen molar-refractivity contribution in [3.63, 3.8) is 0 Å². The first-order valence-corrected chi connectivity index (χ1v) is 8.07. The third-order valence-corrected chi connectivity index (χ3v) is 5.22. The Bertz CT molecular complexity index is 747. The van der Waals surface area contributed by atoms with Crippen LogP contribution < -0.4 is 5.43 Å². The van der Waals surface area contributed by atoms with Crippen molar-refractivity contribution in [2.75, 3.05) is 0 Å². The molecular weight excluding hydrogens is 369 g/mol. The van der Waals surface area contributed by atoms with Gasteiger partial charge in [0.25, 0.3) is 5.91 Å². The van der Waals surface area contributed by atoms with Crippen LogP contribution in [0, 0.1) is 0 Å². The molecule has 22 heavy (non-hydrogen) atoms. The zero-order chi connectivity index (χ0) is 15.9. The van der Waals surface area contributed by atoms with Gasteiger partial charge in [0.2, 0.25) is 5.91 Å². The van der Waals surface area contributed by atoms with Gasteiger partial charge in [-0.3, -0.25) is 9.59 Å². The molecule has 2 aromatic rings. The van der Waals surface area contributed by atoms with Gasteiger partial charge in [-0.1, -0.05) is 46.9 Å². The second kappa shape index (κ2) is 6.14. The van der Waals surface area contributed by atoms with Gasteiger partial charge in [-0.2, -0.15) is 4.37 Å². The van der Waals surface area contributed by atoms with E-state index in [4.69, 9.17) is 34.8 Å². The van der Waals surface area contributed by atoms with E-state index < -0.39 is 5.91 Å². The van der Waals surface area contributed by atoms with Crippen LogP contribution in [0.1, 0.15) is 27.7 Å². The van der Waals surface area contributed by atoms with Gasteiger partial charge in [-0.25, -0.2) is 10.4 Å². The molecule has 1 atom stereocenters. The van der Waals surface area contributed by atoms with Crippen LogP contribution in [0.25, 0.3) is 0 Å². The number of halogens is 3. The van der Waals surface area contributed by atoms with E-state index in [9.17, 15) is 9.59 Å². The molecule has 1 saturated heterocycles. The molecule has 114 valence electrons. The van der Waals surface area contributed by atoms with Crippen LogP contribution in [0.5, 0.6) is 0 Å². The summed E-state index contributed by atoms with van der Waals surface area (Å²) in [6.07, 6.45) is 0.164. The number of amides is 2. The van der Waals surface area contributed by atoms with E-state index in [0.29, 0.717) is 5.02 Å². The van der Waals surface area contributed by atoms with Crippen LogP contribution in [0.2, 0.25) is 15.2 Å². The topological polar surface area (TPSA) is 62.3 Å². The van der Waals surface area contributed by atoms with Crippen molar-refractivity contribution in [2.24, 2.45) is 0 Å². The average Bonchev–Trinajstić information content (AvgIpc) is 3.04. The minimum atomic E-state index is -0.559. The molecule has 2 heterocycles. The second-order valence-electron chi connectivity index (χ2n) is 4.59. The number of benzene rings is 1. The maximum absolute atomic E-state index is 12.4. The smallest absolute Gasteiger partial charge is 0.273 e. The van der Waals surface area contributed by atoms with Crippen molar-refractivity contribution >= 4 is 58.1 Å². The molecule has 1 aromatic carbocycles. The number of rotatable bonds is 2. The Morgan fingerprint density at radius 1 is 1.27 bits per heavy atom. The lowest BCUT2D eigenvalue weighted by molar-refractivity contribution is -0.126. The molecule has 1 unspecified atom stereocenters. The highest BCUT2D eigenvalue weighted by atomic mass is 35.5. The predicted octanol–water partition coefficient (Wildman–Crippen LogP) is 3.72. The molecule has 2 amide bonds. The normalized spacial score (nSPS) is 18.0. The fourth-order valence-corrected chi connectivity index (χ4v) is 3.36. The lowest BCUT2D eigenvalue weighted by atomic mass is 10.1. The molecule has 0 aliphatic carbocycles. The summed E-state index contributed by atoms with van der Waals surface area (Å²) in [7, 11) is 0. The number of carbonyl (C=O) groups excluding carboxylic acids is 2. The Hall–Kier alpha value is -1.18. The van der Waals surface area contributed by atoms with E-state index in [0.717, 1.165) is 22.1 Å². The van der Waals surface area contributed by atoms with Crippen LogP contribution >= 0.6 is 46.3 Å². The number of nitrogens with one attached hydrogen (secondary N) is 1. The Balaban J connectivity index is 1.81. The summed E-state index contributed by atoms with van der Waals surface area (Å²) >= 11 is 18.3. The summed E-state index contributed by atoms with van der Waals surface area (Å²) in [5.41, 5.74) is 3.74. The van der Waals surface area contributed by atoms with Gasteiger partial charge in [0.1, 0.15) is 9.90 Å². The molecular formula is C13H8Cl3N3O2S. The van der Waals surface area contributed by atoms with Gasteiger partial charge in [0.15, 0.2) is 5.15 Å². The van der Waals surface area contributed by atoms with Crippen molar-refractivity contribution in [3.8, 4) is 0 Å². The first kappa shape index (κ1) is 15.7. The maximum atomic E-state index is 12.4.